The standard InChI is InChI=1S/C25H26FN7O2.3H2/c1-5-16-13-19(24(35)31-23(16)15(2)26)29-21-8-10-27-25(30-21)28-18-6-7-20-17(12-18)9-11-33(20)22(34)14-32(3)4;;;/h5-8,10,12-13H,1-2,9,11,14H2,3-4H3,(H,31,35)(H2,27,28,29,30);3*1H. The fraction of sp³-hybridized carbons (Fsp3) is 0.200. The summed E-state index contributed by atoms with van der Waals surface area (Å²) in [6.07, 6.45) is 3.74. The van der Waals surface area contributed by atoms with Crippen molar-refractivity contribution in [3.63, 3.8) is 0 Å². The van der Waals surface area contributed by atoms with E-state index in [0.717, 1.165) is 23.4 Å². The number of hydrogen-bond donors (Lipinski definition) is 3. The Morgan fingerprint density at radius 2 is 2.11 bits per heavy atom. The second kappa shape index (κ2) is 9.90. The van der Waals surface area contributed by atoms with Gasteiger partial charge in [-0.1, -0.05) is 19.2 Å². The van der Waals surface area contributed by atoms with Crippen molar-refractivity contribution in [3.05, 3.63) is 76.9 Å². The van der Waals surface area contributed by atoms with E-state index in [0.29, 0.717) is 30.4 Å². The van der Waals surface area contributed by atoms with E-state index >= 15 is 0 Å². The molecule has 0 fully saturated rings. The highest BCUT2D eigenvalue weighted by Crippen LogP contribution is 2.31. The van der Waals surface area contributed by atoms with E-state index < -0.39 is 11.4 Å². The average Bonchev–Trinajstić information content (AvgIpc) is 3.23. The summed E-state index contributed by atoms with van der Waals surface area (Å²) < 4.78 is 13.6. The number of nitrogens with zero attached hydrogens (tertiary/aromatic N) is 4. The highest BCUT2D eigenvalue weighted by atomic mass is 19.1. The number of fused-ring (bicyclic) bond motifs is 1. The van der Waals surface area contributed by atoms with E-state index in [-0.39, 0.29) is 21.6 Å². The summed E-state index contributed by atoms with van der Waals surface area (Å²) >= 11 is 0. The number of carbonyl (C=O) groups excluding carboxylic acids is 1. The molecule has 0 atom stereocenters. The number of nitrogens with one attached hydrogen (secondary N) is 3. The lowest BCUT2D eigenvalue weighted by Gasteiger charge is -2.20. The molecule has 1 aliphatic rings. The van der Waals surface area contributed by atoms with E-state index in [9.17, 15) is 14.0 Å². The van der Waals surface area contributed by atoms with Gasteiger partial charge in [0.25, 0.3) is 5.56 Å². The number of aromatic nitrogens is 3. The zero-order chi connectivity index (χ0) is 25.1. The fourth-order valence-corrected chi connectivity index (χ4v) is 3.87. The van der Waals surface area contributed by atoms with E-state index in [4.69, 9.17) is 0 Å². The van der Waals surface area contributed by atoms with Crippen LogP contribution in [0.1, 0.15) is 21.1 Å². The molecule has 0 saturated heterocycles. The summed E-state index contributed by atoms with van der Waals surface area (Å²) in [5.41, 5.74) is 2.78. The Balaban J connectivity index is 0.00000241. The number of likely N-dealkylation sites (N-methyl/N-ethyl adjacent to an activating group) is 1. The molecule has 0 spiro atoms. The van der Waals surface area contributed by atoms with Crippen LogP contribution in [0.3, 0.4) is 0 Å². The molecule has 3 aromatic rings. The van der Waals surface area contributed by atoms with Gasteiger partial charge in [-0.3, -0.25) is 9.59 Å². The van der Waals surface area contributed by atoms with Gasteiger partial charge in [-0.2, -0.15) is 4.98 Å². The summed E-state index contributed by atoms with van der Waals surface area (Å²) in [7, 11) is 3.74. The lowest BCUT2D eigenvalue weighted by molar-refractivity contribution is -0.119. The number of H-pyrrole nitrogens is 1. The molecule has 186 valence electrons. The predicted octanol–water partition coefficient (Wildman–Crippen LogP) is 4.42. The molecule has 4 rings (SSSR count). The van der Waals surface area contributed by atoms with Gasteiger partial charge in [0, 0.05) is 34.0 Å². The minimum atomic E-state index is -0.753. The number of anilines is 5. The summed E-state index contributed by atoms with van der Waals surface area (Å²) in [4.78, 5) is 39.6. The number of amides is 1. The van der Waals surface area contributed by atoms with Crippen LogP contribution in [-0.2, 0) is 11.2 Å². The Hall–Kier alpha value is -4.31. The van der Waals surface area contributed by atoms with Gasteiger partial charge in [0.05, 0.1) is 12.2 Å². The van der Waals surface area contributed by atoms with Gasteiger partial charge in [-0.25, -0.2) is 9.37 Å². The first-order valence-electron chi connectivity index (χ1n) is 10.9. The van der Waals surface area contributed by atoms with Crippen LogP contribution in [-0.4, -0.2) is 52.9 Å². The molecule has 10 heteroatoms. The molecule has 9 nitrogen and oxygen atoms in total. The maximum atomic E-state index is 13.6. The third-order valence-corrected chi connectivity index (χ3v) is 5.46. The Kier molecular flexibility index (Phi) is 6.74. The summed E-state index contributed by atoms with van der Waals surface area (Å²) in [6, 6.07) is 8.84. The molecule has 2 aromatic heterocycles. The lowest BCUT2D eigenvalue weighted by Crippen LogP contribution is -2.36. The van der Waals surface area contributed by atoms with Gasteiger partial charge >= 0.3 is 0 Å². The molecular formula is C25H32FN7O2. The van der Waals surface area contributed by atoms with Crippen LogP contribution < -0.4 is 21.1 Å². The maximum absolute atomic E-state index is 13.6. The summed E-state index contributed by atoms with van der Waals surface area (Å²) in [6.45, 7) is 7.88. The second-order valence-electron chi connectivity index (χ2n) is 8.34. The van der Waals surface area contributed by atoms with Crippen molar-refractivity contribution in [2.45, 2.75) is 6.42 Å². The number of benzene rings is 1. The maximum Gasteiger partial charge on any atom is 0.272 e. The Labute approximate surface area is 206 Å². The predicted molar refractivity (Wildman–Crippen MR) is 143 cm³/mol. The Bertz CT molecular complexity index is 1380. The van der Waals surface area contributed by atoms with Crippen molar-refractivity contribution in [2.24, 2.45) is 0 Å². The van der Waals surface area contributed by atoms with Crippen LogP contribution >= 0.6 is 0 Å². The number of aromatic amines is 1. The van der Waals surface area contributed by atoms with Gasteiger partial charge in [0.15, 0.2) is 0 Å². The van der Waals surface area contributed by atoms with E-state index in [2.05, 4.69) is 38.7 Å². The molecule has 0 aliphatic carbocycles. The van der Waals surface area contributed by atoms with Crippen molar-refractivity contribution >= 4 is 46.6 Å². The normalized spacial score (nSPS) is 12.4. The number of pyridine rings is 1. The van der Waals surface area contributed by atoms with Crippen molar-refractivity contribution in [3.8, 4) is 0 Å². The van der Waals surface area contributed by atoms with Gasteiger partial charge in [-0.15, -0.1) is 0 Å². The number of halogens is 1. The van der Waals surface area contributed by atoms with Crippen molar-refractivity contribution < 1.29 is 13.5 Å². The smallest absolute Gasteiger partial charge is 0.272 e. The third kappa shape index (κ3) is 5.28. The Morgan fingerprint density at radius 3 is 2.83 bits per heavy atom. The van der Waals surface area contributed by atoms with Crippen LogP contribution in [0.5, 0.6) is 0 Å². The molecule has 35 heavy (non-hydrogen) atoms. The van der Waals surface area contributed by atoms with Crippen LogP contribution in [0.4, 0.5) is 33.2 Å². The molecular weight excluding hydrogens is 449 g/mol. The van der Waals surface area contributed by atoms with Gasteiger partial charge in [-0.05, 0) is 56.4 Å². The van der Waals surface area contributed by atoms with Gasteiger partial charge in [0.2, 0.25) is 11.9 Å². The zero-order valence-electron chi connectivity index (χ0n) is 19.6. The number of rotatable bonds is 8. The van der Waals surface area contributed by atoms with Crippen LogP contribution in [0, 0.1) is 0 Å². The molecule has 0 bridgehead atoms. The third-order valence-electron chi connectivity index (χ3n) is 5.46. The summed E-state index contributed by atoms with van der Waals surface area (Å²) in [5, 5.41) is 6.09. The van der Waals surface area contributed by atoms with Crippen molar-refractivity contribution in [2.75, 3.05) is 42.7 Å². The monoisotopic (exact) mass is 481 g/mol. The molecule has 1 amide bonds. The first-order valence-corrected chi connectivity index (χ1v) is 10.9. The SMILES string of the molecule is C=Cc1cc(Nc2ccnc(Nc3ccc4c(c3)CCN4C(=O)CN(C)C)n2)c(=O)[nH]c1C(=C)F.[HH].[HH].[HH]. The van der Waals surface area contributed by atoms with E-state index in [1.165, 1.54) is 12.1 Å². The Morgan fingerprint density at radius 1 is 1.31 bits per heavy atom. The molecule has 1 aromatic carbocycles. The summed E-state index contributed by atoms with van der Waals surface area (Å²) in [5.74, 6) is 0.00528. The van der Waals surface area contributed by atoms with E-state index in [1.807, 2.05) is 37.2 Å². The largest absolute Gasteiger partial charge is 0.336 e. The molecule has 1 aliphatic heterocycles. The molecule has 3 heterocycles. The van der Waals surface area contributed by atoms with Gasteiger partial charge < -0.3 is 25.4 Å². The molecule has 0 unspecified atom stereocenters. The van der Waals surface area contributed by atoms with Crippen LogP contribution in [0.15, 0.2) is 54.5 Å². The minimum Gasteiger partial charge on any atom is -0.336 e. The number of hydrogen-bond acceptors (Lipinski definition) is 7. The van der Waals surface area contributed by atoms with Crippen LogP contribution in [0.25, 0.3) is 11.9 Å². The van der Waals surface area contributed by atoms with E-state index in [1.54, 1.807) is 17.2 Å². The fourth-order valence-electron chi connectivity index (χ4n) is 3.87. The zero-order valence-corrected chi connectivity index (χ0v) is 19.6. The van der Waals surface area contributed by atoms with Gasteiger partial charge in [0.1, 0.15) is 17.3 Å². The average molecular weight is 482 g/mol. The first-order chi connectivity index (χ1) is 16.7. The lowest BCUT2D eigenvalue weighted by atomic mass is 10.1. The van der Waals surface area contributed by atoms with Crippen LogP contribution in [0.2, 0.25) is 0 Å². The molecule has 0 saturated carbocycles. The topological polar surface area (TPSA) is 106 Å². The highest BCUT2D eigenvalue weighted by Gasteiger charge is 2.25. The minimum absolute atomic E-state index is 0. The molecule has 3 N–H and O–H groups in total. The number of carbonyl (C=O) groups is 1. The van der Waals surface area contributed by atoms with Crippen molar-refractivity contribution in [1.29, 1.82) is 0 Å². The van der Waals surface area contributed by atoms with Crippen molar-refractivity contribution in [1.82, 2.24) is 19.9 Å². The first kappa shape index (κ1) is 23.8. The second-order valence-corrected chi connectivity index (χ2v) is 8.34. The highest BCUT2D eigenvalue weighted by molar-refractivity contribution is 5.97. The molecule has 0 radical (unpaired) electrons. The quantitative estimate of drug-likeness (QED) is 0.437.